The van der Waals surface area contributed by atoms with Crippen LogP contribution in [0.5, 0.6) is 5.75 Å². The number of ketones is 2. The fourth-order valence-electron chi connectivity index (χ4n) is 8.07. The molecule has 0 radical (unpaired) electrons. The SMILES string of the molecule is CC[C@H](C)[C@H](CC(=O)[C@H]1CCCCN1C)C(=O)N(COC(=O)CC(C)C)[C@H](C[C@@H](OC(C)=O)c1nc(C(=O)N[C@@H](Cc2ccc(O)cc2)C[C@H](C)C(=O)CCCS)cs1)C(C)C. The lowest BCUT2D eigenvalue weighted by atomic mass is 9.82. The minimum absolute atomic E-state index is 0.0231. The number of nitrogens with zero attached hydrogens (tertiary/aromatic N) is 3. The van der Waals surface area contributed by atoms with Crippen molar-refractivity contribution in [3.05, 3.63) is 45.9 Å². The first kappa shape index (κ1) is 52.5. The van der Waals surface area contributed by atoms with Gasteiger partial charge >= 0.3 is 11.9 Å². The zero-order valence-electron chi connectivity index (χ0n) is 38.4. The van der Waals surface area contributed by atoms with E-state index in [1.165, 1.54) is 6.92 Å². The van der Waals surface area contributed by atoms with Crippen LogP contribution in [0.3, 0.4) is 0 Å². The predicted molar refractivity (Wildman–Crippen MR) is 245 cm³/mol. The molecule has 0 saturated carbocycles. The minimum Gasteiger partial charge on any atom is -0.508 e. The van der Waals surface area contributed by atoms with Crippen LogP contribution < -0.4 is 5.32 Å². The normalized spacial score (nSPS) is 17.4. The first-order chi connectivity index (χ1) is 29.3. The summed E-state index contributed by atoms with van der Waals surface area (Å²) in [6.45, 7) is 15.3. The number of carbonyl (C=O) groups is 6. The predicted octanol–water partition coefficient (Wildman–Crippen LogP) is 8.00. The fraction of sp³-hybridized carbons (Fsp3) is 0.681. The van der Waals surface area contributed by atoms with Gasteiger partial charge in [0.1, 0.15) is 22.2 Å². The van der Waals surface area contributed by atoms with E-state index in [2.05, 4.69) is 27.8 Å². The lowest BCUT2D eigenvalue weighted by Crippen LogP contribution is -2.50. The van der Waals surface area contributed by atoms with E-state index in [-0.39, 0.29) is 84.6 Å². The van der Waals surface area contributed by atoms with Crippen LogP contribution in [0.25, 0.3) is 0 Å². The van der Waals surface area contributed by atoms with Gasteiger partial charge in [-0.05, 0) is 86.9 Å². The van der Waals surface area contributed by atoms with Gasteiger partial charge in [-0.3, -0.25) is 33.7 Å². The molecular weight excluding hydrogens is 829 g/mol. The zero-order chi connectivity index (χ0) is 46.1. The molecular formula is C47H72N4O9S2. The van der Waals surface area contributed by atoms with E-state index in [4.69, 9.17) is 9.47 Å². The van der Waals surface area contributed by atoms with Crippen molar-refractivity contribution in [3.63, 3.8) is 0 Å². The van der Waals surface area contributed by atoms with Gasteiger partial charge in [0.2, 0.25) is 5.91 Å². The van der Waals surface area contributed by atoms with Crippen LogP contribution in [0.2, 0.25) is 0 Å². The first-order valence-corrected chi connectivity index (χ1v) is 23.9. The van der Waals surface area contributed by atoms with E-state index < -0.39 is 42.0 Å². The third-order valence-electron chi connectivity index (χ3n) is 11.9. The molecule has 2 N–H and O–H groups in total. The Balaban J connectivity index is 1.96. The molecule has 2 amide bonds. The molecule has 62 heavy (non-hydrogen) atoms. The van der Waals surface area contributed by atoms with E-state index in [0.717, 1.165) is 42.7 Å². The van der Waals surface area contributed by atoms with Crippen molar-refractivity contribution in [2.24, 2.45) is 29.6 Å². The molecule has 3 rings (SSSR count). The number of aromatic hydroxyl groups is 1. The molecule has 1 aromatic carbocycles. The molecule has 2 heterocycles. The van der Waals surface area contributed by atoms with Crippen molar-refractivity contribution in [3.8, 4) is 5.75 Å². The molecule has 1 aliphatic rings. The number of carbonyl (C=O) groups excluding carboxylic acids is 6. The highest BCUT2D eigenvalue weighted by molar-refractivity contribution is 7.80. The molecule has 346 valence electrons. The first-order valence-electron chi connectivity index (χ1n) is 22.4. The minimum atomic E-state index is -0.968. The maximum atomic E-state index is 14.9. The Kier molecular flexibility index (Phi) is 22.1. The maximum Gasteiger partial charge on any atom is 0.307 e. The molecule has 1 aliphatic heterocycles. The largest absolute Gasteiger partial charge is 0.508 e. The second-order valence-electron chi connectivity index (χ2n) is 17.9. The number of amides is 2. The highest BCUT2D eigenvalue weighted by atomic mass is 32.1. The summed E-state index contributed by atoms with van der Waals surface area (Å²) in [7, 11) is 1.95. The van der Waals surface area contributed by atoms with Gasteiger partial charge < -0.3 is 24.8 Å². The number of phenols is 1. The Hall–Kier alpha value is -3.82. The monoisotopic (exact) mass is 900 g/mol. The number of likely N-dealkylation sites (tertiary alicyclic amines) is 1. The number of rotatable bonds is 26. The van der Waals surface area contributed by atoms with Gasteiger partial charge in [0.15, 0.2) is 18.6 Å². The molecule has 2 aromatic rings. The van der Waals surface area contributed by atoms with Gasteiger partial charge in [-0.15, -0.1) is 11.3 Å². The van der Waals surface area contributed by atoms with Crippen molar-refractivity contribution in [2.75, 3.05) is 26.1 Å². The van der Waals surface area contributed by atoms with Crippen LogP contribution in [0.4, 0.5) is 0 Å². The average molecular weight is 901 g/mol. The third kappa shape index (κ3) is 16.7. The Labute approximate surface area is 378 Å². The number of hydrogen-bond acceptors (Lipinski definition) is 13. The number of phenolic OH excluding ortho intramolecular Hbond substituents is 1. The van der Waals surface area contributed by atoms with Crippen LogP contribution in [0, 0.1) is 29.6 Å². The van der Waals surface area contributed by atoms with Crippen LogP contribution in [-0.2, 0) is 39.9 Å². The van der Waals surface area contributed by atoms with Crippen molar-refractivity contribution >= 4 is 59.3 Å². The number of piperidine rings is 1. The number of likely N-dealkylation sites (N-methyl/N-ethyl adjacent to an activating group) is 1. The summed E-state index contributed by atoms with van der Waals surface area (Å²) in [5.41, 5.74) is 0.971. The van der Waals surface area contributed by atoms with Crippen LogP contribution >= 0.6 is 24.0 Å². The summed E-state index contributed by atoms with van der Waals surface area (Å²) in [5.74, 6) is -2.31. The summed E-state index contributed by atoms with van der Waals surface area (Å²) in [5, 5.41) is 14.8. The van der Waals surface area contributed by atoms with Crippen LogP contribution in [-0.4, -0.2) is 99.4 Å². The smallest absolute Gasteiger partial charge is 0.307 e. The van der Waals surface area contributed by atoms with Crippen molar-refractivity contribution in [1.29, 1.82) is 0 Å². The third-order valence-corrected chi connectivity index (χ3v) is 13.2. The van der Waals surface area contributed by atoms with Crippen LogP contribution in [0.1, 0.15) is 147 Å². The van der Waals surface area contributed by atoms with E-state index in [1.807, 2.05) is 55.5 Å². The maximum absolute atomic E-state index is 14.9. The molecule has 1 aromatic heterocycles. The number of thiol groups is 1. The highest BCUT2D eigenvalue weighted by Gasteiger charge is 2.40. The van der Waals surface area contributed by atoms with E-state index in [9.17, 15) is 33.9 Å². The number of hydrogen-bond donors (Lipinski definition) is 3. The average Bonchev–Trinajstić information content (AvgIpc) is 3.72. The highest BCUT2D eigenvalue weighted by Crippen LogP contribution is 2.34. The van der Waals surface area contributed by atoms with Gasteiger partial charge in [-0.1, -0.05) is 73.4 Å². The summed E-state index contributed by atoms with van der Waals surface area (Å²) in [6.07, 6.45) is 4.55. The molecule has 0 spiro atoms. The number of thiazole rings is 1. The topological polar surface area (TPSA) is 173 Å². The lowest BCUT2D eigenvalue weighted by Gasteiger charge is -2.39. The molecule has 0 unspecified atom stereocenters. The molecule has 15 heteroatoms. The number of benzene rings is 1. The molecule has 13 nitrogen and oxygen atoms in total. The second kappa shape index (κ2) is 26.1. The summed E-state index contributed by atoms with van der Waals surface area (Å²) < 4.78 is 11.7. The van der Waals surface area contributed by atoms with E-state index >= 15 is 0 Å². The number of nitrogens with one attached hydrogen (secondary N) is 1. The van der Waals surface area contributed by atoms with Crippen LogP contribution in [0.15, 0.2) is 29.6 Å². The van der Waals surface area contributed by atoms with E-state index in [1.54, 1.807) is 34.5 Å². The Bertz CT molecular complexity index is 1770. The Morgan fingerprint density at radius 2 is 1.71 bits per heavy atom. The lowest BCUT2D eigenvalue weighted by molar-refractivity contribution is -0.162. The number of Topliss-reactive ketones (excluding diaryl/α,β-unsaturated/α-hetero) is 2. The second-order valence-corrected chi connectivity index (χ2v) is 19.2. The summed E-state index contributed by atoms with van der Waals surface area (Å²) in [6, 6.07) is 5.37. The zero-order valence-corrected chi connectivity index (χ0v) is 40.1. The van der Waals surface area contributed by atoms with Gasteiger partial charge in [-0.25, -0.2) is 4.98 Å². The van der Waals surface area contributed by atoms with Crippen molar-refractivity contribution in [1.82, 2.24) is 20.1 Å². The van der Waals surface area contributed by atoms with Crippen molar-refractivity contribution in [2.45, 2.75) is 150 Å². The molecule has 1 saturated heterocycles. The molecule has 1 fully saturated rings. The van der Waals surface area contributed by atoms with E-state index in [0.29, 0.717) is 42.9 Å². The fourth-order valence-corrected chi connectivity index (χ4v) is 9.06. The van der Waals surface area contributed by atoms with Gasteiger partial charge in [0.25, 0.3) is 5.91 Å². The molecule has 0 aliphatic carbocycles. The number of esters is 2. The number of aromatic nitrogens is 1. The quantitative estimate of drug-likeness (QED) is 0.0475. The Morgan fingerprint density at radius 1 is 1.02 bits per heavy atom. The Morgan fingerprint density at radius 3 is 2.31 bits per heavy atom. The van der Waals surface area contributed by atoms with Gasteiger partial charge in [0.05, 0.1) is 6.04 Å². The van der Waals surface area contributed by atoms with Gasteiger partial charge in [0, 0.05) is 61.9 Å². The molecule has 7 atom stereocenters. The van der Waals surface area contributed by atoms with Gasteiger partial charge in [-0.2, -0.15) is 12.6 Å². The van der Waals surface area contributed by atoms with Crippen molar-refractivity contribution < 1.29 is 43.3 Å². The standard InChI is InChI=1S/C47H72N4O9S2/c1-10-31(6)37(25-42(55)39-14-11-12-20-50(39)9)47(58)51(28-59-44(56)22-29(2)3)40(30(4)5)26-43(60-33(8)52)46-49-38(27-62-46)45(57)48-35(23-32(7)41(54)15-13-21-61)24-34-16-18-36(53)19-17-34/h16-19,27,29-32,35,37,39-40,43,53,61H,10-15,20-26,28H2,1-9H3,(H,48,57)/t31-,32-,35+,37-,39+,40+,43+/m0/s1. The molecule has 0 bridgehead atoms. The summed E-state index contributed by atoms with van der Waals surface area (Å²) in [4.78, 5) is 89.5. The summed E-state index contributed by atoms with van der Waals surface area (Å²) >= 11 is 5.39. The number of ether oxygens (including phenoxy) is 2.